The quantitative estimate of drug-likeness (QED) is 0.635. The lowest BCUT2D eigenvalue weighted by molar-refractivity contribution is -0.122. The number of methoxy groups -OCH3 is 1. The van der Waals surface area contributed by atoms with E-state index in [4.69, 9.17) is 4.74 Å². The molecular formula is C24H26N4O2. The van der Waals surface area contributed by atoms with Gasteiger partial charge in [0, 0.05) is 25.0 Å². The molecule has 2 fully saturated rings. The van der Waals surface area contributed by atoms with Crippen molar-refractivity contribution in [3.8, 4) is 16.9 Å². The average Bonchev–Trinajstić information content (AvgIpc) is 3.47. The van der Waals surface area contributed by atoms with Crippen LogP contribution in [-0.4, -0.2) is 52.9 Å². The third-order valence-corrected chi connectivity index (χ3v) is 6.34. The highest BCUT2D eigenvalue weighted by Crippen LogP contribution is 2.41. The molecule has 2 aliphatic rings. The van der Waals surface area contributed by atoms with Crippen LogP contribution < -0.4 is 9.64 Å². The van der Waals surface area contributed by atoms with Gasteiger partial charge >= 0.3 is 0 Å². The Balaban J connectivity index is 1.37. The molecule has 30 heavy (non-hydrogen) atoms. The van der Waals surface area contributed by atoms with Gasteiger partial charge in [-0.3, -0.25) is 14.4 Å². The molecule has 1 amide bonds. The highest BCUT2D eigenvalue weighted by Gasteiger charge is 2.50. The molecule has 0 saturated carbocycles. The molecule has 3 heterocycles. The Morgan fingerprint density at radius 2 is 1.90 bits per heavy atom. The molecule has 154 valence electrons. The van der Waals surface area contributed by atoms with Crippen molar-refractivity contribution in [2.24, 2.45) is 0 Å². The van der Waals surface area contributed by atoms with Crippen LogP contribution >= 0.6 is 0 Å². The lowest BCUT2D eigenvalue weighted by Crippen LogP contribution is -2.51. The van der Waals surface area contributed by atoms with Crippen molar-refractivity contribution in [1.82, 2.24) is 14.7 Å². The number of benzene rings is 2. The second kappa shape index (κ2) is 7.61. The Morgan fingerprint density at radius 1 is 1.07 bits per heavy atom. The van der Waals surface area contributed by atoms with E-state index in [9.17, 15) is 4.79 Å². The molecule has 2 aromatic carbocycles. The van der Waals surface area contributed by atoms with E-state index >= 15 is 0 Å². The molecule has 3 aromatic rings. The van der Waals surface area contributed by atoms with Gasteiger partial charge in [-0.15, -0.1) is 0 Å². The molecule has 5 rings (SSSR count). The van der Waals surface area contributed by atoms with Gasteiger partial charge in [-0.2, -0.15) is 5.10 Å². The van der Waals surface area contributed by atoms with Gasteiger partial charge in [0.25, 0.3) is 0 Å². The average molecular weight is 402 g/mol. The summed E-state index contributed by atoms with van der Waals surface area (Å²) in [5, 5.41) is 4.36. The van der Waals surface area contributed by atoms with E-state index in [1.807, 2.05) is 46.1 Å². The van der Waals surface area contributed by atoms with Crippen LogP contribution in [0.2, 0.25) is 0 Å². The summed E-state index contributed by atoms with van der Waals surface area (Å²) in [6.45, 7) is 4.59. The van der Waals surface area contributed by atoms with E-state index in [1.165, 1.54) is 0 Å². The summed E-state index contributed by atoms with van der Waals surface area (Å²) >= 11 is 0. The number of rotatable bonds is 6. The Bertz CT molecular complexity index is 1060. The molecule has 2 saturated heterocycles. The minimum atomic E-state index is -0.0593. The number of amides is 1. The number of hydrogen-bond donors (Lipinski definition) is 0. The fraction of sp³-hybridized carbons (Fsp3) is 0.333. The number of nitrogens with zero attached hydrogens (tertiary/aromatic N) is 4. The topological polar surface area (TPSA) is 50.6 Å². The van der Waals surface area contributed by atoms with Crippen LogP contribution in [0.25, 0.3) is 11.1 Å². The van der Waals surface area contributed by atoms with Gasteiger partial charge in [0.05, 0.1) is 31.4 Å². The Kier molecular flexibility index (Phi) is 4.79. The lowest BCUT2D eigenvalue weighted by Gasteiger charge is -2.34. The third-order valence-electron chi connectivity index (χ3n) is 6.34. The predicted molar refractivity (Wildman–Crippen MR) is 117 cm³/mol. The Morgan fingerprint density at radius 3 is 2.60 bits per heavy atom. The summed E-state index contributed by atoms with van der Waals surface area (Å²) in [4.78, 5) is 17.6. The maximum atomic E-state index is 13.3. The lowest BCUT2D eigenvalue weighted by atomic mass is 10.0. The number of hydrogen-bond acceptors (Lipinski definition) is 4. The first-order chi connectivity index (χ1) is 14.7. The number of piperazine rings is 1. The zero-order chi connectivity index (χ0) is 20.7. The number of fused-ring (bicyclic) bond motifs is 2. The third kappa shape index (κ3) is 3.17. The summed E-state index contributed by atoms with van der Waals surface area (Å²) in [6, 6.07) is 18.5. The van der Waals surface area contributed by atoms with Crippen molar-refractivity contribution < 1.29 is 9.53 Å². The van der Waals surface area contributed by atoms with Crippen molar-refractivity contribution in [3.05, 3.63) is 66.5 Å². The van der Waals surface area contributed by atoms with E-state index in [0.29, 0.717) is 0 Å². The highest BCUT2D eigenvalue weighted by atomic mass is 16.5. The molecule has 2 bridgehead atoms. The fourth-order valence-corrected chi connectivity index (χ4v) is 4.77. The number of anilines is 1. The molecule has 0 unspecified atom stereocenters. The van der Waals surface area contributed by atoms with E-state index in [1.54, 1.807) is 7.11 Å². The van der Waals surface area contributed by atoms with E-state index in [-0.39, 0.29) is 18.0 Å². The van der Waals surface area contributed by atoms with Gasteiger partial charge in [-0.25, -0.2) is 0 Å². The van der Waals surface area contributed by atoms with Crippen LogP contribution in [0.1, 0.15) is 12.1 Å². The van der Waals surface area contributed by atoms with Crippen LogP contribution in [-0.2, 0) is 11.3 Å². The molecule has 0 N–H and O–H groups in total. The molecule has 6 nitrogen and oxygen atoms in total. The molecular weight excluding hydrogens is 376 g/mol. The Labute approximate surface area is 176 Å². The van der Waals surface area contributed by atoms with Crippen LogP contribution in [0, 0.1) is 6.92 Å². The van der Waals surface area contributed by atoms with Gasteiger partial charge in [-0.1, -0.05) is 36.4 Å². The highest BCUT2D eigenvalue weighted by molar-refractivity contribution is 6.03. The van der Waals surface area contributed by atoms with Crippen LogP contribution in [0.15, 0.2) is 60.8 Å². The fourth-order valence-electron chi connectivity index (χ4n) is 4.77. The van der Waals surface area contributed by atoms with Crippen molar-refractivity contribution in [3.63, 3.8) is 0 Å². The number of likely N-dealkylation sites (tertiary alicyclic amines) is 1. The van der Waals surface area contributed by atoms with Gasteiger partial charge in [0.2, 0.25) is 5.91 Å². The minimum absolute atomic E-state index is 0.0593. The molecule has 0 spiro atoms. The maximum Gasteiger partial charge on any atom is 0.244 e. The van der Waals surface area contributed by atoms with Crippen molar-refractivity contribution in [1.29, 1.82) is 0 Å². The normalized spacial score (nSPS) is 20.9. The van der Waals surface area contributed by atoms with Gasteiger partial charge in [0.15, 0.2) is 0 Å². The molecule has 6 heteroatoms. The Hall–Kier alpha value is -3.12. The van der Waals surface area contributed by atoms with Gasteiger partial charge < -0.3 is 9.64 Å². The van der Waals surface area contributed by atoms with Crippen LogP contribution in [0.5, 0.6) is 5.75 Å². The summed E-state index contributed by atoms with van der Waals surface area (Å²) in [5.41, 5.74) is 4.25. The van der Waals surface area contributed by atoms with Gasteiger partial charge in [-0.05, 0) is 42.7 Å². The first kappa shape index (κ1) is 18.9. The molecule has 0 radical (unpaired) electrons. The first-order valence-corrected chi connectivity index (χ1v) is 10.4. The number of ether oxygens (including phenoxy) is 1. The van der Waals surface area contributed by atoms with Crippen LogP contribution in [0.3, 0.4) is 0 Å². The summed E-state index contributed by atoms with van der Waals surface area (Å²) in [6.07, 6.45) is 2.69. The van der Waals surface area contributed by atoms with E-state index in [2.05, 4.69) is 41.2 Å². The van der Waals surface area contributed by atoms with E-state index < -0.39 is 0 Å². The largest absolute Gasteiger partial charge is 0.495 e. The predicted octanol–water partition coefficient (Wildman–Crippen LogP) is 3.36. The van der Waals surface area contributed by atoms with Crippen molar-refractivity contribution in [2.45, 2.75) is 32.0 Å². The number of carbonyl (C=O) groups excluding carboxylic acids is 1. The second-order valence-corrected chi connectivity index (χ2v) is 8.06. The molecule has 2 atom stereocenters. The first-order valence-electron chi connectivity index (χ1n) is 10.4. The monoisotopic (exact) mass is 402 g/mol. The summed E-state index contributed by atoms with van der Waals surface area (Å²) in [7, 11) is 1.67. The number of aryl methyl sites for hydroxylation is 1. The minimum Gasteiger partial charge on any atom is -0.495 e. The summed E-state index contributed by atoms with van der Waals surface area (Å²) < 4.78 is 7.62. The van der Waals surface area contributed by atoms with Gasteiger partial charge in [0.1, 0.15) is 5.75 Å². The number of aromatic nitrogens is 2. The van der Waals surface area contributed by atoms with Crippen molar-refractivity contribution in [2.75, 3.05) is 25.1 Å². The van der Waals surface area contributed by atoms with E-state index in [0.717, 1.165) is 54.3 Å². The maximum absolute atomic E-state index is 13.3. The van der Waals surface area contributed by atoms with Crippen LogP contribution in [0.4, 0.5) is 5.69 Å². The number of carbonyl (C=O) groups is 1. The molecule has 2 aliphatic heterocycles. The molecule has 0 aliphatic carbocycles. The SMILES string of the molecule is COc1ccc(-c2ccccc2)cc1N1C(=O)[C@@H]2C[C@H]1CN2CCn1nccc1C. The summed E-state index contributed by atoms with van der Waals surface area (Å²) in [5.74, 6) is 0.918. The zero-order valence-electron chi connectivity index (χ0n) is 17.4. The smallest absolute Gasteiger partial charge is 0.244 e. The second-order valence-electron chi connectivity index (χ2n) is 8.06. The standard InChI is InChI=1S/C24H26N4O2/c1-17-10-11-25-27(17)13-12-26-16-20-15-22(26)24(29)28(20)21-14-19(8-9-23(21)30-2)18-6-4-3-5-7-18/h3-11,14,20,22H,12-13,15-16H2,1-2H3/t20-,22-/m0/s1. The molecule has 1 aromatic heterocycles. The van der Waals surface area contributed by atoms with Crippen molar-refractivity contribution >= 4 is 11.6 Å². The zero-order valence-corrected chi connectivity index (χ0v) is 17.4.